The molecule has 4 N–H and O–H groups in total. The van der Waals surface area contributed by atoms with Crippen LogP contribution in [0.15, 0.2) is 55.8 Å². The first-order valence-electron chi connectivity index (χ1n) is 39.3. The molecule has 12 aliphatic rings. The van der Waals surface area contributed by atoms with Crippen molar-refractivity contribution >= 4 is 66.8 Å². The van der Waals surface area contributed by atoms with Gasteiger partial charge in [0, 0.05) is 54.9 Å². The van der Waals surface area contributed by atoms with Crippen LogP contribution in [-0.4, -0.2) is 114 Å². The molecule has 18 nitrogen and oxygen atoms in total. The number of ketones is 3. The van der Waals surface area contributed by atoms with Gasteiger partial charge < -0.3 is 15.3 Å². The molecule has 19 heteroatoms. The summed E-state index contributed by atoms with van der Waals surface area (Å²) in [6.07, 6.45) is 46.2. The highest BCUT2D eigenvalue weighted by Crippen LogP contribution is 2.72. The Hall–Kier alpha value is -4.98. The predicted octanol–water partition coefficient (Wildman–Crippen LogP) is 17.2. The van der Waals surface area contributed by atoms with Crippen LogP contribution in [0.25, 0.3) is 33.5 Å². The summed E-state index contributed by atoms with van der Waals surface area (Å²) in [6.45, 7) is 21.7. The van der Waals surface area contributed by atoms with Gasteiger partial charge in [-0.1, -0.05) is 79.8 Å². The molecule has 0 unspecified atom stereocenters. The lowest BCUT2D eigenvalue weighted by atomic mass is 9.44. The fourth-order valence-electron chi connectivity index (χ4n) is 27.0. The number of alkyl halides is 1. The fourth-order valence-corrected chi connectivity index (χ4v) is 27.4. The number of halogens is 1. The van der Waals surface area contributed by atoms with Gasteiger partial charge in [-0.15, -0.1) is 0 Å². The van der Waals surface area contributed by atoms with Gasteiger partial charge in [-0.25, -0.2) is 34.6 Å². The molecule has 6 aromatic heterocycles. The number of nitrogens with zero attached hydrogens (tertiary/aromatic N) is 11. The third kappa shape index (κ3) is 13.7. The van der Waals surface area contributed by atoms with E-state index in [4.69, 9.17) is 0 Å². The van der Waals surface area contributed by atoms with Gasteiger partial charge in [-0.2, -0.15) is 15.3 Å². The van der Waals surface area contributed by atoms with Gasteiger partial charge in [0.05, 0.1) is 47.3 Å². The van der Waals surface area contributed by atoms with E-state index >= 15 is 0 Å². The lowest BCUT2D eigenvalue weighted by Crippen LogP contribution is -2.55. The highest BCUT2D eigenvalue weighted by Gasteiger charge is 2.65. The van der Waals surface area contributed by atoms with Crippen molar-refractivity contribution in [3.8, 4) is 0 Å². The second kappa shape index (κ2) is 28.9. The van der Waals surface area contributed by atoms with Crippen LogP contribution in [0.5, 0.6) is 0 Å². The predicted molar refractivity (Wildman–Crippen MR) is 409 cm³/mol. The maximum absolute atomic E-state index is 13.6. The average Bonchev–Trinajstić information content (AvgIpc) is 1.72. The lowest BCUT2D eigenvalue weighted by Gasteiger charge is -2.61. The minimum absolute atomic E-state index is 0. The van der Waals surface area contributed by atoms with Crippen molar-refractivity contribution in [3.05, 3.63) is 55.8 Å². The van der Waals surface area contributed by atoms with Crippen molar-refractivity contribution in [1.82, 2.24) is 59.7 Å². The molecular weight excluding hydrogens is 1350 g/mol. The van der Waals surface area contributed by atoms with Crippen molar-refractivity contribution in [1.29, 1.82) is 0 Å². The highest BCUT2D eigenvalue weighted by atomic mass is 79.9. The van der Waals surface area contributed by atoms with E-state index in [1.807, 2.05) is 27.0 Å². The summed E-state index contributed by atoms with van der Waals surface area (Å²) in [5, 5.41) is 47.9. The molecule has 6 heterocycles. The number of carbonyl (C=O) groups is 3. The van der Waals surface area contributed by atoms with E-state index in [0.29, 0.717) is 92.9 Å². The van der Waals surface area contributed by atoms with Crippen LogP contribution in [0.3, 0.4) is 0 Å². The maximum Gasteiger partial charge on any atom is 0.199 e. The number of aliphatic hydroxyl groups is 3. The SMILES string of the molecule is C.C.C.C[C@@]1(O)CC[C@@]2(C)[C@H](CC[C@@H]3[C@@H]2CC[C@]2(C)[C@@H](C(=O)CBr)CC[C@@H]32)C1.C[C@@]1(O)CC[C@@]2(C)[C@H](CC[C@@H]3[C@@H]2CC[C@]2(C)[C@@H](C(=O)Cn4cc5nccnc5n4)CC[C@@H]32)C1.C[C@@]1(O)CC[C@@]2(C)[C@H](CC[C@@H]3[C@@H]2CC[C@]2(C)[C@@H](C(=O)Cn4ncc5nccnc54)CC[C@@H]32)C1.c1cnc2[nH]ncc2n1. The number of carbonyl (C=O) groups excluding carboxylic acids is 3. The van der Waals surface area contributed by atoms with E-state index in [1.165, 1.54) is 89.9 Å². The Morgan fingerprint density at radius 1 is 0.437 bits per heavy atom. The van der Waals surface area contributed by atoms with Crippen LogP contribution in [0.4, 0.5) is 0 Å². The maximum atomic E-state index is 13.6. The second-order valence-corrected chi connectivity index (χ2v) is 38.0. The minimum Gasteiger partial charge on any atom is -0.390 e. The number of fused-ring (bicyclic) bond motifs is 18. The van der Waals surface area contributed by atoms with Gasteiger partial charge in [0.2, 0.25) is 0 Å². The van der Waals surface area contributed by atoms with Gasteiger partial charge >= 0.3 is 0 Å². The number of Topliss-reactive ketones (excluding diaryl/α,β-unsaturated/α-hetero) is 3. The van der Waals surface area contributed by atoms with Crippen LogP contribution >= 0.6 is 15.9 Å². The Bertz CT molecular complexity index is 3930. The van der Waals surface area contributed by atoms with Crippen molar-refractivity contribution in [2.24, 2.45) is 121 Å². The number of aromatic nitrogens is 12. The minimum atomic E-state index is -0.480. The van der Waals surface area contributed by atoms with Crippen LogP contribution in [-0.2, 0) is 27.5 Å². The largest absolute Gasteiger partial charge is 0.390 e. The third-order valence-electron chi connectivity index (χ3n) is 32.3. The monoisotopic (exact) mass is 1480 g/mol. The fraction of sp³-hybridized carbons (Fsp3) is 0.786. The van der Waals surface area contributed by atoms with Crippen LogP contribution in [0, 0.1) is 121 Å². The molecule has 12 fully saturated rings. The summed E-state index contributed by atoms with van der Waals surface area (Å²) >= 11 is 3.43. The Kier molecular flexibility index (Phi) is 21.8. The summed E-state index contributed by atoms with van der Waals surface area (Å²) in [6, 6.07) is 0. The van der Waals surface area contributed by atoms with Gasteiger partial charge in [-0.05, 0) is 298 Å². The van der Waals surface area contributed by atoms with E-state index < -0.39 is 16.8 Å². The van der Waals surface area contributed by atoms with E-state index in [9.17, 15) is 29.7 Å². The summed E-state index contributed by atoms with van der Waals surface area (Å²) in [5.41, 5.74) is 4.56. The Labute approximate surface area is 622 Å². The van der Waals surface area contributed by atoms with Crippen LogP contribution in [0.1, 0.15) is 258 Å². The molecule has 0 spiro atoms. The third-order valence-corrected chi connectivity index (χ3v) is 32.9. The first-order valence-corrected chi connectivity index (χ1v) is 40.4. The van der Waals surface area contributed by atoms with E-state index in [2.05, 4.69) is 108 Å². The molecule has 0 radical (unpaired) electrons. The summed E-state index contributed by atoms with van der Waals surface area (Å²) < 4.78 is 3.49. The number of H-pyrrole nitrogens is 1. The number of hydrogen-bond donors (Lipinski definition) is 4. The molecule has 0 amide bonds. The summed E-state index contributed by atoms with van der Waals surface area (Å²) in [7, 11) is 0. The highest BCUT2D eigenvalue weighted by molar-refractivity contribution is 9.09. The molecule has 103 heavy (non-hydrogen) atoms. The zero-order valence-electron chi connectivity index (χ0n) is 61.4. The summed E-state index contributed by atoms with van der Waals surface area (Å²) in [4.78, 5) is 64.9. The number of hydrogen-bond acceptors (Lipinski definition) is 15. The normalized spacial score (nSPS) is 43.0. The Morgan fingerprint density at radius 3 is 1.28 bits per heavy atom. The quantitative estimate of drug-likeness (QED) is 0.103. The Balaban J connectivity index is 0.000000136. The van der Waals surface area contributed by atoms with E-state index in [1.54, 1.807) is 58.9 Å². The first-order chi connectivity index (χ1) is 47.6. The molecular formula is C84H127BrN12O6. The van der Waals surface area contributed by atoms with Crippen molar-refractivity contribution < 1.29 is 29.7 Å². The molecule has 566 valence electrons. The standard InChI is InChI=1S/2C27H38N4O2.C22H35BrO2.C5H4N4.3CH4/c1-25(33)10-11-26(2)17(14-25)4-5-18-19-6-7-21(27(19,3)9-8-20(18)26)23(32)16-31-15-22-24(30-31)29-13-12-28-22;1-25(33)10-11-26(2)17(14-25)4-5-18-19-6-7-21(27(19,3)9-8-20(18)26)23(32)16-31-24-22(15-30-31)28-12-13-29-24;1-20(25)10-11-21(2)14(12-20)4-5-15-16-6-7-18(19(24)13-23)22(16,3)9-8-17(15)21;1-2-7-5-4(6-1)3-8-9-5;;;/h2*12-13,15,17-21,33H,4-11,14,16H2,1-3H3;14-18,25H,4-13H2,1-3H3;1-3H,(H,7,8,9);3*1H4/t2*17-,18+,19+,20+,21-,25-,26+,27+;14-,15+,16+,17+,18-,20-,21+,22+;;;;/m111..../s1. The second-order valence-electron chi connectivity index (χ2n) is 37.4. The summed E-state index contributed by atoms with van der Waals surface area (Å²) in [5.74, 6) is 10.3. The topological polar surface area (TPSA) is 254 Å². The zero-order valence-corrected chi connectivity index (χ0v) is 63.0. The van der Waals surface area contributed by atoms with E-state index in [0.717, 1.165) is 147 Å². The molecule has 12 saturated carbocycles. The van der Waals surface area contributed by atoms with Gasteiger partial charge in [0.15, 0.2) is 28.5 Å². The van der Waals surface area contributed by atoms with E-state index in [-0.39, 0.29) is 56.3 Å². The van der Waals surface area contributed by atoms with Crippen LogP contribution < -0.4 is 0 Å². The van der Waals surface area contributed by atoms with Crippen molar-refractivity contribution in [2.45, 2.75) is 288 Å². The van der Waals surface area contributed by atoms with Gasteiger partial charge in [0.25, 0.3) is 0 Å². The van der Waals surface area contributed by atoms with Gasteiger partial charge in [0.1, 0.15) is 28.9 Å². The molecule has 12 aliphatic carbocycles. The van der Waals surface area contributed by atoms with Crippen molar-refractivity contribution in [3.63, 3.8) is 0 Å². The average molecular weight is 1480 g/mol. The Morgan fingerprint density at radius 2 is 0.835 bits per heavy atom. The molecule has 24 atom stereocenters. The lowest BCUT2D eigenvalue weighted by molar-refractivity contribution is -0.151. The van der Waals surface area contributed by atoms with Crippen molar-refractivity contribution in [2.75, 3.05) is 5.33 Å². The molecule has 6 aromatic rings. The molecule has 0 bridgehead atoms. The molecule has 0 aliphatic heterocycles. The zero-order chi connectivity index (χ0) is 70.2. The smallest absolute Gasteiger partial charge is 0.199 e. The van der Waals surface area contributed by atoms with Crippen LogP contribution in [0.2, 0.25) is 0 Å². The number of nitrogens with one attached hydrogen (secondary N) is 1. The molecule has 18 rings (SSSR count). The number of aromatic amines is 1. The first kappa shape index (κ1) is 77.6. The molecule has 0 aromatic carbocycles. The molecule has 0 saturated heterocycles. The van der Waals surface area contributed by atoms with Gasteiger partial charge in [-0.3, -0.25) is 24.2 Å². The number of rotatable bonds is 8.